The molecule has 24 heavy (non-hydrogen) atoms. The third kappa shape index (κ3) is 2.84. The molecule has 2 aromatic carbocycles. The fourth-order valence-electron chi connectivity index (χ4n) is 2.79. The highest BCUT2D eigenvalue weighted by Crippen LogP contribution is 2.34. The first-order valence-corrected chi connectivity index (χ1v) is 7.96. The third-order valence-corrected chi connectivity index (χ3v) is 4.15. The lowest BCUT2D eigenvalue weighted by Crippen LogP contribution is -2.03. The quantitative estimate of drug-likeness (QED) is 0.733. The van der Waals surface area contributed by atoms with Crippen molar-refractivity contribution in [2.45, 2.75) is 6.54 Å². The Morgan fingerprint density at radius 1 is 1.17 bits per heavy atom. The van der Waals surface area contributed by atoms with Crippen LogP contribution in [-0.4, -0.2) is 15.7 Å². The monoisotopic (exact) mass is 335 g/mol. The number of rotatable bonds is 3. The lowest BCUT2D eigenvalue weighted by Gasteiger charge is -2.00. The van der Waals surface area contributed by atoms with Gasteiger partial charge in [0.25, 0.3) is 5.91 Å². The smallest absolute Gasteiger partial charge is 0.256 e. The lowest BCUT2D eigenvalue weighted by molar-refractivity contribution is -0.110. The molecular weight excluding hydrogens is 322 g/mol. The van der Waals surface area contributed by atoms with Crippen molar-refractivity contribution in [3.05, 3.63) is 82.6 Å². The van der Waals surface area contributed by atoms with Gasteiger partial charge in [0.05, 0.1) is 18.4 Å². The van der Waals surface area contributed by atoms with Crippen molar-refractivity contribution >= 4 is 34.8 Å². The number of anilines is 1. The zero-order valence-corrected chi connectivity index (χ0v) is 13.5. The van der Waals surface area contributed by atoms with E-state index in [2.05, 4.69) is 22.5 Å². The molecule has 1 aliphatic heterocycles. The summed E-state index contributed by atoms with van der Waals surface area (Å²) in [6.45, 7) is 0.697. The largest absolute Gasteiger partial charge is 0.321 e. The normalized spacial score (nSPS) is 14.7. The molecule has 1 amide bonds. The van der Waals surface area contributed by atoms with Crippen LogP contribution in [0.5, 0.6) is 0 Å². The average molecular weight is 336 g/mol. The van der Waals surface area contributed by atoms with Crippen molar-refractivity contribution < 1.29 is 4.79 Å². The van der Waals surface area contributed by atoms with Crippen molar-refractivity contribution in [3.8, 4) is 0 Å². The van der Waals surface area contributed by atoms with Gasteiger partial charge in [-0.1, -0.05) is 48.0 Å². The minimum Gasteiger partial charge on any atom is -0.321 e. The average Bonchev–Trinajstić information content (AvgIpc) is 3.13. The summed E-state index contributed by atoms with van der Waals surface area (Å²) < 4.78 is 1.86. The summed E-state index contributed by atoms with van der Waals surface area (Å²) in [4.78, 5) is 12.2. The number of hydrogen-bond donors (Lipinski definition) is 1. The number of amides is 1. The van der Waals surface area contributed by atoms with Crippen LogP contribution in [0.2, 0.25) is 5.02 Å². The maximum absolute atomic E-state index is 12.2. The van der Waals surface area contributed by atoms with E-state index in [1.807, 2.05) is 41.2 Å². The van der Waals surface area contributed by atoms with E-state index in [0.717, 1.165) is 16.8 Å². The van der Waals surface area contributed by atoms with E-state index < -0.39 is 0 Å². The van der Waals surface area contributed by atoms with E-state index in [1.54, 1.807) is 18.3 Å². The Labute approximate surface area is 144 Å². The Morgan fingerprint density at radius 3 is 2.83 bits per heavy atom. The van der Waals surface area contributed by atoms with E-state index in [9.17, 15) is 4.79 Å². The molecule has 4 rings (SSSR count). The number of halogens is 1. The second kappa shape index (κ2) is 5.98. The molecule has 4 nitrogen and oxygen atoms in total. The predicted octanol–water partition coefficient (Wildman–Crippen LogP) is 4.08. The molecule has 0 bridgehead atoms. The maximum Gasteiger partial charge on any atom is 0.256 e. The van der Waals surface area contributed by atoms with Crippen molar-refractivity contribution in [3.63, 3.8) is 0 Å². The molecule has 0 aliphatic carbocycles. The summed E-state index contributed by atoms with van der Waals surface area (Å²) in [5.41, 5.74) is 4.30. The molecule has 3 aromatic rings. The van der Waals surface area contributed by atoms with E-state index >= 15 is 0 Å². The topological polar surface area (TPSA) is 46.9 Å². The molecule has 2 heterocycles. The van der Waals surface area contributed by atoms with Gasteiger partial charge in [-0.2, -0.15) is 5.10 Å². The first-order valence-electron chi connectivity index (χ1n) is 7.58. The van der Waals surface area contributed by atoms with Gasteiger partial charge in [0.2, 0.25) is 0 Å². The Balaban J connectivity index is 1.62. The first kappa shape index (κ1) is 14.7. The summed E-state index contributed by atoms with van der Waals surface area (Å²) in [6.07, 6.45) is 5.54. The molecule has 0 radical (unpaired) electrons. The van der Waals surface area contributed by atoms with Crippen LogP contribution in [0.25, 0.3) is 11.6 Å². The molecule has 1 N–H and O–H groups in total. The molecular formula is C19H14ClN3O. The molecule has 5 heteroatoms. The Hall–Kier alpha value is -2.85. The minimum atomic E-state index is -0.122. The molecule has 1 aromatic heterocycles. The molecule has 0 atom stereocenters. The number of carbonyl (C=O) groups excluding carboxylic acids is 1. The number of aromatic nitrogens is 2. The van der Waals surface area contributed by atoms with Crippen molar-refractivity contribution in [2.24, 2.45) is 0 Å². The van der Waals surface area contributed by atoms with Gasteiger partial charge in [0, 0.05) is 27.9 Å². The molecule has 0 saturated carbocycles. The van der Waals surface area contributed by atoms with Crippen LogP contribution in [0, 0.1) is 0 Å². The van der Waals surface area contributed by atoms with Crippen molar-refractivity contribution in [2.75, 3.05) is 5.32 Å². The van der Waals surface area contributed by atoms with Gasteiger partial charge in [-0.3, -0.25) is 9.48 Å². The highest BCUT2D eigenvalue weighted by Gasteiger charge is 2.24. The highest BCUT2D eigenvalue weighted by atomic mass is 35.5. The maximum atomic E-state index is 12.2. The predicted molar refractivity (Wildman–Crippen MR) is 95.7 cm³/mol. The summed E-state index contributed by atoms with van der Waals surface area (Å²) >= 11 is 5.98. The Kier molecular flexibility index (Phi) is 3.67. The summed E-state index contributed by atoms with van der Waals surface area (Å²) in [5.74, 6) is -0.122. The van der Waals surface area contributed by atoms with Gasteiger partial charge < -0.3 is 5.32 Å². The van der Waals surface area contributed by atoms with E-state index in [0.29, 0.717) is 17.1 Å². The zero-order valence-electron chi connectivity index (χ0n) is 12.7. The fourth-order valence-corrected chi connectivity index (χ4v) is 2.96. The van der Waals surface area contributed by atoms with Gasteiger partial charge in [0.1, 0.15) is 0 Å². The molecule has 0 spiro atoms. The summed E-state index contributed by atoms with van der Waals surface area (Å²) in [5, 5.41) is 7.81. The molecule has 1 aliphatic rings. The van der Waals surface area contributed by atoms with Crippen LogP contribution in [0.15, 0.2) is 60.9 Å². The van der Waals surface area contributed by atoms with Crippen molar-refractivity contribution in [1.82, 2.24) is 9.78 Å². The Morgan fingerprint density at radius 2 is 2.00 bits per heavy atom. The van der Waals surface area contributed by atoms with Gasteiger partial charge >= 0.3 is 0 Å². The minimum absolute atomic E-state index is 0.122. The molecule has 118 valence electrons. The number of hydrogen-bond acceptors (Lipinski definition) is 2. The molecule has 0 unspecified atom stereocenters. The fraction of sp³-hybridized carbons (Fsp3) is 0.0526. The third-order valence-electron chi connectivity index (χ3n) is 3.92. The first-order chi connectivity index (χ1) is 11.7. The number of nitrogens with zero attached hydrogens (tertiary/aromatic N) is 2. The second-order valence-electron chi connectivity index (χ2n) is 5.66. The van der Waals surface area contributed by atoms with Crippen molar-refractivity contribution in [1.29, 1.82) is 0 Å². The SMILES string of the molecule is O=C1Nc2cc(Cl)ccc2C1=Cc1cnn(Cc2ccccc2)c1. The van der Waals surface area contributed by atoms with E-state index in [1.165, 1.54) is 5.56 Å². The van der Waals surface area contributed by atoms with Crippen LogP contribution < -0.4 is 5.32 Å². The van der Waals surface area contributed by atoms with Gasteiger partial charge in [-0.25, -0.2) is 0 Å². The number of fused-ring (bicyclic) bond motifs is 1. The van der Waals surface area contributed by atoms with Gasteiger partial charge in [-0.05, 0) is 23.8 Å². The number of benzene rings is 2. The van der Waals surface area contributed by atoms with Crippen LogP contribution in [0.4, 0.5) is 5.69 Å². The second-order valence-corrected chi connectivity index (χ2v) is 6.10. The van der Waals surface area contributed by atoms with Crippen LogP contribution >= 0.6 is 11.6 Å². The highest BCUT2D eigenvalue weighted by molar-refractivity contribution is 6.36. The molecule has 0 fully saturated rings. The van der Waals surface area contributed by atoms with Gasteiger partial charge in [0.15, 0.2) is 0 Å². The Bertz CT molecular complexity index is 944. The van der Waals surface area contributed by atoms with E-state index in [-0.39, 0.29) is 5.91 Å². The van der Waals surface area contributed by atoms with Crippen LogP contribution in [-0.2, 0) is 11.3 Å². The summed E-state index contributed by atoms with van der Waals surface area (Å²) in [6, 6.07) is 15.5. The molecule has 0 saturated heterocycles. The summed E-state index contributed by atoms with van der Waals surface area (Å²) in [7, 11) is 0. The van der Waals surface area contributed by atoms with Crippen LogP contribution in [0.1, 0.15) is 16.7 Å². The number of carbonyl (C=O) groups is 1. The lowest BCUT2D eigenvalue weighted by atomic mass is 10.1. The standard InChI is InChI=1S/C19H14ClN3O/c20-15-6-7-16-17(19(24)22-18(16)9-15)8-14-10-21-23(12-14)11-13-4-2-1-3-5-13/h1-10,12H,11H2,(H,22,24). The van der Waals surface area contributed by atoms with Gasteiger partial charge in [-0.15, -0.1) is 0 Å². The van der Waals surface area contributed by atoms with Crippen LogP contribution in [0.3, 0.4) is 0 Å². The zero-order chi connectivity index (χ0) is 16.5. The number of nitrogens with one attached hydrogen (secondary N) is 1. The van der Waals surface area contributed by atoms with E-state index in [4.69, 9.17) is 11.6 Å².